The van der Waals surface area contributed by atoms with Gasteiger partial charge in [-0.3, -0.25) is 15.1 Å². The van der Waals surface area contributed by atoms with Gasteiger partial charge in [0, 0.05) is 38.4 Å². The van der Waals surface area contributed by atoms with Crippen LogP contribution in [0.25, 0.3) is 0 Å². The van der Waals surface area contributed by atoms with Crippen molar-refractivity contribution in [3.05, 3.63) is 24.0 Å². The van der Waals surface area contributed by atoms with E-state index in [4.69, 9.17) is 11.5 Å². The van der Waals surface area contributed by atoms with E-state index in [1.165, 1.54) is 0 Å². The molecule has 1 aromatic heterocycles. The highest BCUT2D eigenvalue weighted by molar-refractivity contribution is 5.91. The predicted octanol–water partition coefficient (Wildman–Crippen LogP) is -0.705. The fourth-order valence-corrected chi connectivity index (χ4v) is 3.29. The third-order valence-corrected chi connectivity index (χ3v) is 4.86. The molecule has 8 heteroatoms. The first-order valence-corrected chi connectivity index (χ1v) is 8.20. The lowest BCUT2D eigenvalue weighted by molar-refractivity contribution is -0.00334. The van der Waals surface area contributed by atoms with Crippen LogP contribution < -0.4 is 16.9 Å². The second-order valence-corrected chi connectivity index (χ2v) is 6.46. The Labute approximate surface area is 136 Å². The molecule has 0 bridgehead atoms. The second-order valence-electron chi connectivity index (χ2n) is 6.46. The number of carbonyl (C=O) groups is 1. The Balaban J connectivity index is 1.51. The van der Waals surface area contributed by atoms with Crippen molar-refractivity contribution in [2.24, 2.45) is 11.5 Å². The Morgan fingerprint density at radius 3 is 2.57 bits per heavy atom. The highest BCUT2D eigenvalue weighted by Gasteiger charge is 2.38. The van der Waals surface area contributed by atoms with Crippen molar-refractivity contribution in [2.45, 2.75) is 37.4 Å². The number of hydrogen-bond donors (Lipinski definition) is 3. The van der Waals surface area contributed by atoms with Gasteiger partial charge < -0.3 is 11.5 Å². The molecular weight excluding hydrogens is 294 g/mol. The number of nitrogens with two attached hydrogens (primary N) is 2. The molecular formula is C15H25N7O. The van der Waals surface area contributed by atoms with Gasteiger partial charge in [-0.1, -0.05) is 0 Å². The van der Waals surface area contributed by atoms with Crippen LogP contribution in [-0.4, -0.2) is 63.9 Å². The summed E-state index contributed by atoms with van der Waals surface area (Å²) in [4.78, 5) is 14.5. The maximum absolute atomic E-state index is 12.1. The number of hydrazine groups is 1. The summed E-state index contributed by atoms with van der Waals surface area (Å²) in [7, 11) is 0. The fraction of sp³-hybridized carbons (Fsp3) is 0.667. The van der Waals surface area contributed by atoms with Crippen LogP contribution in [0.5, 0.6) is 0 Å². The number of amides is 1. The molecule has 1 aromatic rings. The maximum atomic E-state index is 12.1. The Kier molecular flexibility index (Phi) is 4.86. The number of nitrogens with one attached hydrogen (secondary N) is 1. The smallest absolute Gasteiger partial charge is 0.286 e. The lowest BCUT2D eigenvalue weighted by Crippen LogP contribution is -2.65. The van der Waals surface area contributed by atoms with Gasteiger partial charge in [0.15, 0.2) is 5.69 Å². The number of hydrogen-bond acceptors (Lipinski definition) is 7. The average molecular weight is 319 g/mol. The van der Waals surface area contributed by atoms with Crippen LogP contribution in [0.3, 0.4) is 0 Å². The molecule has 2 saturated heterocycles. The van der Waals surface area contributed by atoms with E-state index < -0.39 is 0 Å². The van der Waals surface area contributed by atoms with Gasteiger partial charge in [-0.15, -0.1) is 5.10 Å². The summed E-state index contributed by atoms with van der Waals surface area (Å²) in [5.74, 6) is -0.230. The molecule has 5 N–H and O–H groups in total. The fourth-order valence-electron chi connectivity index (χ4n) is 3.29. The second kappa shape index (κ2) is 6.88. The standard InChI is InChI=1S/C15H25N7O/c16-12-3-8-21(9-4-12)15(17)5-10-22(11-6-15)20-14(23)13-2-1-7-18-19-13/h1-2,7,12H,3-6,8-11,16-17H2,(H,20,23). The Hall–Kier alpha value is -1.61. The zero-order chi connectivity index (χ0) is 16.3. The first-order valence-electron chi connectivity index (χ1n) is 8.20. The van der Waals surface area contributed by atoms with Gasteiger partial charge in [-0.05, 0) is 37.8 Å². The molecule has 0 aromatic carbocycles. The van der Waals surface area contributed by atoms with Crippen molar-refractivity contribution < 1.29 is 4.79 Å². The number of carbonyl (C=O) groups excluding carboxylic acids is 1. The number of piperidine rings is 2. The lowest BCUT2D eigenvalue weighted by Gasteiger charge is -2.48. The molecule has 23 heavy (non-hydrogen) atoms. The van der Waals surface area contributed by atoms with E-state index >= 15 is 0 Å². The van der Waals surface area contributed by atoms with Crippen LogP contribution in [0.4, 0.5) is 0 Å². The molecule has 0 aliphatic carbocycles. The molecule has 3 rings (SSSR count). The van der Waals surface area contributed by atoms with Crippen molar-refractivity contribution in [2.75, 3.05) is 26.2 Å². The zero-order valence-corrected chi connectivity index (χ0v) is 13.3. The maximum Gasteiger partial charge on any atom is 0.286 e. The number of likely N-dealkylation sites (tertiary alicyclic amines) is 1. The predicted molar refractivity (Wildman–Crippen MR) is 86.0 cm³/mol. The minimum absolute atomic E-state index is 0.230. The molecule has 8 nitrogen and oxygen atoms in total. The largest absolute Gasteiger partial charge is 0.328 e. The highest BCUT2D eigenvalue weighted by Crippen LogP contribution is 2.26. The summed E-state index contributed by atoms with van der Waals surface area (Å²) in [6, 6.07) is 3.65. The monoisotopic (exact) mass is 319 g/mol. The van der Waals surface area contributed by atoms with Crippen molar-refractivity contribution in [3.63, 3.8) is 0 Å². The van der Waals surface area contributed by atoms with E-state index in [2.05, 4.69) is 20.5 Å². The van der Waals surface area contributed by atoms with Gasteiger partial charge in [-0.2, -0.15) is 5.10 Å². The summed E-state index contributed by atoms with van der Waals surface area (Å²) in [6.07, 6.45) is 5.20. The topological polar surface area (TPSA) is 113 Å². The van der Waals surface area contributed by atoms with Gasteiger partial charge in [0.05, 0.1) is 5.66 Å². The van der Waals surface area contributed by atoms with Gasteiger partial charge in [-0.25, -0.2) is 5.01 Å². The first kappa shape index (κ1) is 16.3. The van der Waals surface area contributed by atoms with Gasteiger partial charge in [0.2, 0.25) is 0 Å². The number of nitrogens with zero attached hydrogens (tertiary/aromatic N) is 4. The lowest BCUT2D eigenvalue weighted by atomic mass is 9.93. The van der Waals surface area contributed by atoms with E-state index in [0.29, 0.717) is 11.7 Å². The minimum atomic E-state index is -0.284. The van der Waals surface area contributed by atoms with Crippen molar-refractivity contribution in [3.8, 4) is 0 Å². The Morgan fingerprint density at radius 1 is 1.26 bits per heavy atom. The van der Waals surface area contributed by atoms with Crippen LogP contribution in [0.2, 0.25) is 0 Å². The Bertz CT molecular complexity index is 522. The molecule has 2 aliphatic heterocycles. The quantitative estimate of drug-likeness (QED) is 0.675. The van der Waals surface area contributed by atoms with E-state index in [-0.39, 0.29) is 11.6 Å². The van der Waals surface area contributed by atoms with Gasteiger partial charge in [0.25, 0.3) is 5.91 Å². The molecule has 0 radical (unpaired) electrons. The summed E-state index contributed by atoms with van der Waals surface area (Å²) in [6.45, 7) is 3.38. The average Bonchev–Trinajstić information content (AvgIpc) is 2.58. The van der Waals surface area contributed by atoms with Crippen molar-refractivity contribution >= 4 is 5.91 Å². The van der Waals surface area contributed by atoms with Crippen molar-refractivity contribution in [1.29, 1.82) is 0 Å². The molecule has 0 unspecified atom stereocenters. The summed E-state index contributed by atoms with van der Waals surface area (Å²) in [5, 5.41) is 9.46. The molecule has 2 fully saturated rings. The van der Waals surface area contributed by atoms with E-state index in [0.717, 1.165) is 51.9 Å². The van der Waals surface area contributed by atoms with Crippen LogP contribution in [0.15, 0.2) is 18.3 Å². The van der Waals surface area contributed by atoms with Crippen molar-refractivity contribution in [1.82, 2.24) is 25.5 Å². The molecule has 126 valence electrons. The van der Waals surface area contributed by atoms with Gasteiger partial charge in [0.1, 0.15) is 0 Å². The minimum Gasteiger partial charge on any atom is -0.328 e. The third-order valence-electron chi connectivity index (χ3n) is 4.86. The molecule has 1 amide bonds. The van der Waals surface area contributed by atoms with Crippen LogP contribution in [0, 0.1) is 0 Å². The van der Waals surface area contributed by atoms with E-state index in [1.54, 1.807) is 18.3 Å². The summed E-state index contributed by atoms with van der Waals surface area (Å²) in [5.41, 5.74) is 15.5. The zero-order valence-electron chi connectivity index (χ0n) is 13.3. The molecule has 2 aliphatic rings. The normalized spacial score (nSPS) is 23.6. The number of rotatable bonds is 3. The highest BCUT2D eigenvalue weighted by atomic mass is 16.2. The Morgan fingerprint density at radius 2 is 1.96 bits per heavy atom. The number of aromatic nitrogens is 2. The molecule has 0 saturated carbocycles. The van der Waals surface area contributed by atoms with Gasteiger partial charge >= 0.3 is 0 Å². The molecule has 0 spiro atoms. The van der Waals surface area contributed by atoms with Crippen LogP contribution in [-0.2, 0) is 0 Å². The first-order chi connectivity index (χ1) is 11.1. The van der Waals surface area contributed by atoms with Crippen LogP contribution >= 0.6 is 0 Å². The third kappa shape index (κ3) is 3.84. The summed E-state index contributed by atoms with van der Waals surface area (Å²) < 4.78 is 0. The van der Waals surface area contributed by atoms with E-state index in [9.17, 15) is 4.79 Å². The molecule has 3 heterocycles. The molecule has 0 atom stereocenters. The van der Waals surface area contributed by atoms with E-state index in [1.807, 2.05) is 5.01 Å². The van der Waals surface area contributed by atoms with Crippen LogP contribution in [0.1, 0.15) is 36.2 Å². The summed E-state index contributed by atoms with van der Waals surface area (Å²) >= 11 is 0. The SMILES string of the molecule is NC1CCN(C2(N)CCN(NC(=O)c3cccnn3)CC2)CC1.